The highest BCUT2D eigenvalue weighted by Gasteiger charge is 1.81. The van der Waals surface area contributed by atoms with Crippen molar-refractivity contribution in [3.63, 3.8) is 0 Å². The summed E-state index contributed by atoms with van der Waals surface area (Å²) in [5.41, 5.74) is 1.05. The maximum atomic E-state index is 3.01. The van der Waals surface area contributed by atoms with Crippen molar-refractivity contribution in [2.75, 3.05) is 0 Å². The SMILES string of the molecule is CC1=[C]C=CC=CN1. The lowest BCUT2D eigenvalue weighted by Gasteiger charge is -1.92. The average molecular weight is 106 g/mol. The van der Waals surface area contributed by atoms with E-state index in [0.29, 0.717) is 0 Å². The Kier molecular flexibility index (Phi) is 1.52. The maximum absolute atomic E-state index is 3.01. The molecule has 0 unspecified atom stereocenters. The van der Waals surface area contributed by atoms with Crippen molar-refractivity contribution in [2.45, 2.75) is 6.92 Å². The molecule has 1 heteroatoms. The largest absolute Gasteiger partial charge is 0.365 e. The van der Waals surface area contributed by atoms with Crippen LogP contribution in [0.2, 0.25) is 0 Å². The summed E-state index contributed by atoms with van der Waals surface area (Å²) in [4.78, 5) is 0. The fourth-order valence-electron chi connectivity index (χ4n) is 0.499. The monoisotopic (exact) mass is 106 g/mol. The standard InChI is InChI=1S/C7H8N/c1-7-5-3-2-4-6-8-7/h2-4,6,8H,1H3. The molecule has 1 nitrogen and oxygen atoms in total. The number of hydrogen-bond donors (Lipinski definition) is 1. The van der Waals surface area contributed by atoms with Gasteiger partial charge in [0.25, 0.3) is 0 Å². The Labute approximate surface area is 49.4 Å². The molecule has 41 valence electrons. The first-order chi connectivity index (χ1) is 3.89. The van der Waals surface area contributed by atoms with Gasteiger partial charge in [0.15, 0.2) is 0 Å². The third-order valence-electron chi connectivity index (χ3n) is 0.903. The molecule has 1 aliphatic heterocycles. The van der Waals surface area contributed by atoms with E-state index >= 15 is 0 Å². The highest BCUT2D eigenvalue weighted by molar-refractivity contribution is 5.15. The predicted octanol–water partition coefficient (Wildman–Crippen LogP) is 1.37. The van der Waals surface area contributed by atoms with Crippen molar-refractivity contribution in [3.8, 4) is 0 Å². The molecule has 0 aromatic rings. The molecular formula is C7H8N. The Morgan fingerprint density at radius 2 is 2.38 bits per heavy atom. The summed E-state index contributed by atoms with van der Waals surface area (Å²) in [6.07, 6.45) is 10.6. The fourth-order valence-corrected chi connectivity index (χ4v) is 0.499. The summed E-state index contributed by atoms with van der Waals surface area (Å²) in [6.45, 7) is 1.97. The molecule has 1 heterocycles. The lowest BCUT2D eigenvalue weighted by atomic mass is 10.4. The van der Waals surface area contributed by atoms with Gasteiger partial charge in [-0.3, -0.25) is 0 Å². The zero-order chi connectivity index (χ0) is 5.82. The van der Waals surface area contributed by atoms with Crippen LogP contribution in [0.15, 0.2) is 30.1 Å². The number of allylic oxidation sites excluding steroid dienone is 5. The second-order valence-electron chi connectivity index (χ2n) is 1.63. The van der Waals surface area contributed by atoms with Crippen molar-refractivity contribution < 1.29 is 0 Å². The first-order valence-electron chi connectivity index (χ1n) is 2.58. The van der Waals surface area contributed by atoms with Gasteiger partial charge in [-0.2, -0.15) is 0 Å². The molecule has 0 aliphatic carbocycles. The lowest BCUT2D eigenvalue weighted by Crippen LogP contribution is -1.98. The molecule has 1 rings (SSSR count). The second-order valence-corrected chi connectivity index (χ2v) is 1.63. The van der Waals surface area contributed by atoms with E-state index in [1.165, 1.54) is 0 Å². The van der Waals surface area contributed by atoms with E-state index in [4.69, 9.17) is 0 Å². The van der Waals surface area contributed by atoms with Crippen LogP contribution in [0.1, 0.15) is 6.92 Å². The molecule has 0 saturated carbocycles. The molecule has 8 heavy (non-hydrogen) atoms. The van der Waals surface area contributed by atoms with Crippen LogP contribution in [0, 0.1) is 6.08 Å². The van der Waals surface area contributed by atoms with E-state index in [9.17, 15) is 0 Å². The van der Waals surface area contributed by atoms with Gasteiger partial charge in [0.1, 0.15) is 0 Å². The molecule has 0 amide bonds. The van der Waals surface area contributed by atoms with Gasteiger partial charge in [0, 0.05) is 18.0 Å². The number of nitrogens with one attached hydrogen (secondary N) is 1. The van der Waals surface area contributed by atoms with Crippen molar-refractivity contribution in [1.29, 1.82) is 0 Å². The topological polar surface area (TPSA) is 12.0 Å². The number of hydrogen-bond acceptors (Lipinski definition) is 1. The van der Waals surface area contributed by atoms with Gasteiger partial charge in [0.2, 0.25) is 0 Å². The van der Waals surface area contributed by atoms with Gasteiger partial charge in [-0.05, 0) is 13.0 Å². The molecule has 1 N–H and O–H groups in total. The summed E-state index contributed by atoms with van der Waals surface area (Å²) in [7, 11) is 0. The first kappa shape index (κ1) is 5.16. The fraction of sp³-hybridized carbons (Fsp3) is 0.143. The predicted molar refractivity (Wildman–Crippen MR) is 33.8 cm³/mol. The second kappa shape index (κ2) is 2.36. The van der Waals surface area contributed by atoms with Crippen LogP contribution >= 0.6 is 0 Å². The minimum Gasteiger partial charge on any atom is -0.365 e. The average Bonchev–Trinajstić information content (AvgIpc) is 1.94. The summed E-state index contributed by atoms with van der Waals surface area (Å²) in [5, 5.41) is 3.01. The van der Waals surface area contributed by atoms with Gasteiger partial charge >= 0.3 is 0 Å². The molecular weight excluding hydrogens is 98.1 g/mol. The molecule has 0 fully saturated rings. The Hall–Kier alpha value is -0.980. The van der Waals surface area contributed by atoms with Crippen molar-refractivity contribution in [1.82, 2.24) is 5.32 Å². The summed E-state index contributed by atoms with van der Waals surface area (Å²) >= 11 is 0. The normalized spacial score (nSPS) is 16.9. The maximum Gasteiger partial charge on any atom is 0.0195 e. The zero-order valence-corrected chi connectivity index (χ0v) is 4.81. The van der Waals surface area contributed by atoms with Crippen LogP contribution in [0.25, 0.3) is 0 Å². The van der Waals surface area contributed by atoms with Crippen LogP contribution < -0.4 is 5.32 Å². The van der Waals surface area contributed by atoms with E-state index in [0.717, 1.165) is 5.70 Å². The molecule has 0 bridgehead atoms. The van der Waals surface area contributed by atoms with E-state index in [1.54, 1.807) is 0 Å². The molecule has 0 aromatic carbocycles. The third-order valence-corrected chi connectivity index (χ3v) is 0.903. The van der Waals surface area contributed by atoms with Gasteiger partial charge in [-0.15, -0.1) is 0 Å². The lowest BCUT2D eigenvalue weighted by molar-refractivity contribution is 1.06. The Balaban J connectivity index is 2.69. The molecule has 0 atom stereocenters. The summed E-state index contributed by atoms with van der Waals surface area (Å²) < 4.78 is 0. The first-order valence-corrected chi connectivity index (χ1v) is 2.58. The van der Waals surface area contributed by atoms with Crippen molar-refractivity contribution in [2.24, 2.45) is 0 Å². The molecule has 1 radical (unpaired) electrons. The summed E-state index contributed by atoms with van der Waals surface area (Å²) in [5.74, 6) is 0. The van der Waals surface area contributed by atoms with Crippen LogP contribution in [0.4, 0.5) is 0 Å². The highest BCUT2D eigenvalue weighted by atomic mass is 14.8. The van der Waals surface area contributed by atoms with E-state index in [1.807, 2.05) is 31.4 Å². The zero-order valence-electron chi connectivity index (χ0n) is 4.81. The summed E-state index contributed by atoms with van der Waals surface area (Å²) in [6, 6.07) is 0. The van der Waals surface area contributed by atoms with Gasteiger partial charge < -0.3 is 5.32 Å². The van der Waals surface area contributed by atoms with E-state index in [-0.39, 0.29) is 0 Å². The van der Waals surface area contributed by atoms with Crippen LogP contribution in [0.3, 0.4) is 0 Å². The van der Waals surface area contributed by atoms with E-state index in [2.05, 4.69) is 11.4 Å². The molecule has 1 aliphatic rings. The number of rotatable bonds is 0. The van der Waals surface area contributed by atoms with Gasteiger partial charge in [-0.1, -0.05) is 12.2 Å². The van der Waals surface area contributed by atoms with Crippen LogP contribution in [0.5, 0.6) is 0 Å². The molecule has 0 saturated heterocycles. The minimum absolute atomic E-state index is 1.05. The molecule has 0 spiro atoms. The van der Waals surface area contributed by atoms with Crippen molar-refractivity contribution >= 4 is 0 Å². The Morgan fingerprint density at radius 1 is 1.50 bits per heavy atom. The van der Waals surface area contributed by atoms with Crippen molar-refractivity contribution in [3.05, 3.63) is 36.2 Å². The third kappa shape index (κ3) is 1.26. The molecule has 0 aromatic heterocycles. The quantitative estimate of drug-likeness (QED) is 0.491. The Morgan fingerprint density at radius 3 is 3.25 bits per heavy atom. The van der Waals surface area contributed by atoms with E-state index < -0.39 is 0 Å². The van der Waals surface area contributed by atoms with Crippen LogP contribution in [-0.4, -0.2) is 0 Å². The Bertz CT molecular complexity index is 152. The van der Waals surface area contributed by atoms with Gasteiger partial charge in [0.05, 0.1) is 0 Å². The smallest absolute Gasteiger partial charge is 0.0195 e. The highest BCUT2D eigenvalue weighted by Crippen LogP contribution is 1.90. The van der Waals surface area contributed by atoms with Crippen LogP contribution in [-0.2, 0) is 0 Å². The van der Waals surface area contributed by atoms with Gasteiger partial charge in [-0.25, -0.2) is 0 Å². The minimum atomic E-state index is 1.05.